The average Bonchev–Trinajstić information content (AvgIpc) is 3.41. The van der Waals surface area contributed by atoms with E-state index in [-0.39, 0.29) is 17.4 Å². The molecule has 0 unspecified atom stereocenters. The topological polar surface area (TPSA) is 73.5 Å². The van der Waals surface area contributed by atoms with E-state index in [2.05, 4.69) is 29.2 Å². The lowest BCUT2D eigenvalue weighted by molar-refractivity contribution is -0.122. The van der Waals surface area contributed by atoms with Crippen LogP contribution < -0.4 is 10.1 Å². The second kappa shape index (κ2) is 8.39. The Bertz CT molecular complexity index is 1250. The van der Waals surface area contributed by atoms with Crippen molar-refractivity contribution >= 4 is 11.6 Å². The largest absolute Gasteiger partial charge is 0.497 e. The lowest BCUT2D eigenvalue weighted by atomic mass is 9.74. The zero-order valence-electron chi connectivity index (χ0n) is 19.3. The summed E-state index contributed by atoms with van der Waals surface area (Å²) in [7, 11) is 1.66. The summed E-state index contributed by atoms with van der Waals surface area (Å²) in [5.41, 5.74) is 5.13. The number of aromatic nitrogens is 4. The molecule has 0 aliphatic heterocycles. The highest BCUT2D eigenvalue weighted by molar-refractivity contribution is 5.76. The van der Waals surface area contributed by atoms with E-state index < -0.39 is 0 Å². The van der Waals surface area contributed by atoms with Gasteiger partial charge in [-0.15, -0.1) is 0 Å². The van der Waals surface area contributed by atoms with Crippen LogP contribution >= 0.6 is 0 Å². The SMILES string of the molecule is COc1ccc(-n2ncc3c2CC(C)(C)C[C@H]3NC(=O)CCc2cn3ccccc3n2)cc1. The number of methoxy groups -OCH3 is 1. The fourth-order valence-corrected chi connectivity index (χ4v) is 4.73. The van der Waals surface area contributed by atoms with Gasteiger partial charge in [-0.3, -0.25) is 4.79 Å². The first-order valence-electron chi connectivity index (χ1n) is 11.3. The summed E-state index contributed by atoms with van der Waals surface area (Å²) >= 11 is 0. The number of pyridine rings is 1. The van der Waals surface area contributed by atoms with Gasteiger partial charge >= 0.3 is 0 Å². The molecule has 0 bridgehead atoms. The Hall–Kier alpha value is -3.61. The quantitative estimate of drug-likeness (QED) is 0.482. The zero-order chi connectivity index (χ0) is 23.0. The molecule has 3 aromatic heterocycles. The van der Waals surface area contributed by atoms with Crippen LogP contribution in [0.4, 0.5) is 0 Å². The highest BCUT2D eigenvalue weighted by atomic mass is 16.5. The van der Waals surface area contributed by atoms with Crippen molar-refractivity contribution in [3.63, 3.8) is 0 Å². The van der Waals surface area contributed by atoms with Crippen molar-refractivity contribution < 1.29 is 9.53 Å². The van der Waals surface area contributed by atoms with Crippen LogP contribution in [-0.2, 0) is 17.6 Å². The molecule has 1 amide bonds. The first kappa shape index (κ1) is 21.2. The van der Waals surface area contributed by atoms with Gasteiger partial charge in [0.15, 0.2) is 0 Å². The number of fused-ring (bicyclic) bond motifs is 2. The fourth-order valence-electron chi connectivity index (χ4n) is 4.73. The summed E-state index contributed by atoms with van der Waals surface area (Å²) in [5.74, 6) is 0.855. The molecule has 7 heteroatoms. The van der Waals surface area contributed by atoms with E-state index >= 15 is 0 Å². The lowest BCUT2D eigenvalue weighted by Crippen LogP contribution is -2.36. The highest BCUT2D eigenvalue weighted by Crippen LogP contribution is 2.41. The van der Waals surface area contributed by atoms with Crippen molar-refractivity contribution in [3.8, 4) is 11.4 Å². The fraction of sp³-hybridized carbons (Fsp3) is 0.346. The molecular weight excluding hydrogens is 414 g/mol. The van der Waals surface area contributed by atoms with E-state index in [1.807, 2.05) is 70.1 Å². The summed E-state index contributed by atoms with van der Waals surface area (Å²) in [6.45, 7) is 4.49. The molecule has 3 heterocycles. The number of aryl methyl sites for hydroxylation is 1. The number of imidazole rings is 1. The number of rotatable bonds is 6. The number of hydrogen-bond acceptors (Lipinski definition) is 4. The van der Waals surface area contributed by atoms with Gasteiger partial charge in [0.1, 0.15) is 11.4 Å². The standard InChI is InChI=1S/C26H29N5O2/c1-26(2)14-22(29-25(32)12-7-18-17-30-13-5-4-6-24(30)28-18)21-16-27-31(23(21)15-26)19-8-10-20(33-3)11-9-19/h4-6,8-11,13,16-17,22H,7,12,14-15H2,1-3H3,(H,29,32)/t22-/m1/s1. The summed E-state index contributed by atoms with van der Waals surface area (Å²) in [6, 6.07) is 13.8. The first-order chi connectivity index (χ1) is 15.9. The van der Waals surface area contributed by atoms with Crippen LogP contribution in [0, 0.1) is 5.41 Å². The Morgan fingerprint density at radius 1 is 1.21 bits per heavy atom. The van der Waals surface area contributed by atoms with E-state index in [4.69, 9.17) is 4.74 Å². The molecule has 1 N–H and O–H groups in total. The molecule has 0 saturated heterocycles. The Morgan fingerprint density at radius 3 is 2.79 bits per heavy atom. The van der Waals surface area contributed by atoms with Gasteiger partial charge in [0.2, 0.25) is 5.91 Å². The summed E-state index contributed by atoms with van der Waals surface area (Å²) in [4.78, 5) is 17.5. The van der Waals surface area contributed by atoms with Gasteiger partial charge in [0.25, 0.3) is 0 Å². The smallest absolute Gasteiger partial charge is 0.220 e. The molecule has 1 aliphatic carbocycles. The second-order valence-corrected chi connectivity index (χ2v) is 9.52. The van der Waals surface area contributed by atoms with Gasteiger partial charge < -0.3 is 14.5 Å². The molecule has 0 radical (unpaired) electrons. The van der Waals surface area contributed by atoms with Crippen LogP contribution in [0.5, 0.6) is 5.75 Å². The molecule has 170 valence electrons. The van der Waals surface area contributed by atoms with E-state index in [1.165, 1.54) is 0 Å². The maximum atomic E-state index is 12.9. The molecule has 0 spiro atoms. The van der Waals surface area contributed by atoms with Crippen LogP contribution in [-0.4, -0.2) is 32.2 Å². The van der Waals surface area contributed by atoms with Gasteiger partial charge in [-0.2, -0.15) is 5.10 Å². The van der Waals surface area contributed by atoms with E-state index in [1.54, 1.807) is 7.11 Å². The van der Waals surface area contributed by atoms with Crippen LogP contribution in [0.25, 0.3) is 11.3 Å². The van der Waals surface area contributed by atoms with Crippen molar-refractivity contribution in [3.05, 3.63) is 78.0 Å². The van der Waals surface area contributed by atoms with Crippen molar-refractivity contribution in [1.82, 2.24) is 24.5 Å². The molecular formula is C26H29N5O2. The van der Waals surface area contributed by atoms with E-state index in [0.717, 1.165) is 46.9 Å². The molecule has 0 saturated carbocycles. The third kappa shape index (κ3) is 4.35. The van der Waals surface area contributed by atoms with Crippen LogP contribution in [0.15, 0.2) is 61.1 Å². The maximum absolute atomic E-state index is 12.9. The normalized spacial score (nSPS) is 17.0. The Kier molecular flexibility index (Phi) is 5.40. The molecule has 7 nitrogen and oxygen atoms in total. The molecule has 0 fully saturated rings. The number of hydrogen-bond donors (Lipinski definition) is 1. The van der Waals surface area contributed by atoms with E-state index in [0.29, 0.717) is 12.8 Å². The maximum Gasteiger partial charge on any atom is 0.220 e. The number of carbonyl (C=O) groups is 1. The molecule has 33 heavy (non-hydrogen) atoms. The van der Waals surface area contributed by atoms with Gasteiger partial charge in [-0.25, -0.2) is 9.67 Å². The van der Waals surface area contributed by atoms with Gasteiger partial charge in [0.05, 0.1) is 36.4 Å². The van der Waals surface area contributed by atoms with Crippen molar-refractivity contribution in [2.45, 2.75) is 45.6 Å². The third-order valence-electron chi connectivity index (χ3n) is 6.35. The summed E-state index contributed by atoms with van der Waals surface area (Å²) in [6.07, 6.45) is 8.67. The predicted octanol–water partition coefficient (Wildman–Crippen LogP) is 4.29. The number of nitrogens with one attached hydrogen (secondary N) is 1. The summed E-state index contributed by atoms with van der Waals surface area (Å²) < 4.78 is 9.26. The highest BCUT2D eigenvalue weighted by Gasteiger charge is 2.36. The third-order valence-corrected chi connectivity index (χ3v) is 6.35. The Morgan fingerprint density at radius 2 is 2.03 bits per heavy atom. The lowest BCUT2D eigenvalue weighted by Gasteiger charge is -2.36. The molecule has 1 atom stereocenters. The average molecular weight is 444 g/mol. The van der Waals surface area contributed by atoms with Gasteiger partial charge in [-0.05, 0) is 61.1 Å². The predicted molar refractivity (Wildman–Crippen MR) is 127 cm³/mol. The Balaban J connectivity index is 1.32. The van der Waals surface area contributed by atoms with Gasteiger partial charge in [0, 0.05) is 24.4 Å². The second-order valence-electron chi connectivity index (χ2n) is 9.52. The van der Waals surface area contributed by atoms with Crippen LogP contribution in [0.2, 0.25) is 0 Å². The number of nitrogens with zero attached hydrogens (tertiary/aromatic N) is 4. The molecule has 5 rings (SSSR count). The monoisotopic (exact) mass is 443 g/mol. The van der Waals surface area contributed by atoms with Crippen molar-refractivity contribution in [2.75, 3.05) is 7.11 Å². The first-order valence-corrected chi connectivity index (χ1v) is 11.3. The number of benzene rings is 1. The van der Waals surface area contributed by atoms with Crippen LogP contribution in [0.1, 0.15) is 49.7 Å². The van der Waals surface area contributed by atoms with E-state index in [9.17, 15) is 4.79 Å². The van der Waals surface area contributed by atoms with Crippen molar-refractivity contribution in [1.29, 1.82) is 0 Å². The summed E-state index contributed by atoms with van der Waals surface area (Å²) in [5, 5.41) is 7.95. The molecule has 1 aromatic carbocycles. The number of carbonyl (C=O) groups excluding carboxylic acids is 1. The Labute approximate surface area is 193 Å². The van der Waals surface area contributed by atoms with Crippen LogP contribution in [0.3, 0.4) is 0 Å². The minimum Gasteiger partial charge on any atom is -0.497 e. The molecule has 4 aromatic rings. The number of amides is 1. The molecule has 1 aliphatic rings. The van der Waals surface area contributed by atoms with Gasteiger partial charge in [-0.1, -0.05) is 19.9 Å². The minimum absolute atomic E-state index is 0.0397. The minimum atomic E-state index is -0.0516. The zero-order valence-corrected chi connectivity index (χ0v) is 19.3. The van der Waals surface area contributed by atoms with Crippen molar-refractivity contribution in [2.24, 2.45) is 5.41 Å². The number of ether oxygens (including phenoxy) is 1.